The molecule has 114 valence electrons. The van der Waals surface area contributed by atoms with Gasteiger partial charge in [-0.3, -0.25) is 9.59 Å². The Hall–Kier alpha value is -1.76. The van der Waals surface area contributed by atoms with Crippen LogP contribution in [0.15, 0.2) is 29.2 Å². The molecule has 0 bridgehead atoms. The molecule has 21 heavy (non-hydrogen) atoms. The number of carbonyl (C=O) groups excluding carboxylic acids is 1. The topological polar surface area (TPSA) is 88.5 Å². The van der Waals surface area contributed by atoms with Crippen LogP contribution in [0.1, 0.15) is 25.7 Å². The fourth-order valence-electron chi connectivity index (χ4n) is 2.69. The lowest BCUT2D eigenvalue weighted by Gasteiger charge is -2.26. The van der Waals surface area contributed by atoms with E-state index in [-0.39, 0.29) is 17.1 Å². The van der Waals surface area contributed by atoms with Gasteiger partial charge in [-0.25, -0.2) is 12.8 Å². The average Bonchev–Trinajstić information content (AvgIpc) is 2.38. The van der Waals surface area contributed by atoms with E-state index in [0.29, 0.717) is 19.3 Å². The van der Waals surface area contributed by atoms with E-state index in [1.807, 2.05) is 0 Å². The van der Waals surface area contributed by atoms with Gasteiger partial charge in [0.2, 0.25) is 0 Å². The first-order valence-electron chi connectivity index (χ1n) is 6.56. The summed E-state index contributed by atoms with van der Waals surface area (Å²) < 4.78 is 38.1. The van der Waals surface area contributed by atoms with Crippen LogP contribution >= 0.6 is 0 Å². The molecule has 0 aromatic heterocycles. The summed E-state index contributed by atoms with van der Waals surface area (Å²) in [6.45, 7) is 0. The van der Waals surface area contributed by atoms with Crippen LogP contribution < -0.4 is 0 Å². The molecule has 2 rings (SSSR count). The van der Waals surface area contributed by atoms with Crippen molar-refractivity contribution in [2.45, 2.75) is 35.8 Å². The van der Waals surface area contributed by atoms with E-state index in [0.717, 1.165) is 12.1 Å². The number of ketones is 1. The van der Waals surface area contributed by atoms with Crippen LogP contribution in [-0.4, -0.2) is 30.5 Å². The number of carboxylic acids is 1. The van der Waals surface area contributed by atoms with Gasteiger partial charge in [0.05, 0.1) is 4.90 Å². The zero-order valence-corrected chi connectivity index (χ0v) is 12.0. The molecule has 1 fully saturated rings. The van der Waals surface area contributed by atoms with Crippen molar-refractivity contribution in [2.24, 2.45) is 5.92 Å². The van der Waals surface area contributed by atoms with Crippen molar-refractivity contribution in [1.82, 2.24) is 0 Å². The van der Waals surface area contributed by atoms with E-state index in [1.54, 1.807) is 0 Å². The third-order valence-corrected chi connectivity index (χ3v) is 5.82. The van der Waals surface area contributed by atoms with Crippen LogP contribution in [-0.2, 0) is 19.4 Å². The molecule has 0 amide bonds. The highest BCUT2D eigenvalue weighted by molar-refractivity contribution is 7.92. The Labute approximate surface area is 121 Å². The van der Waals surface area contributed by atoms with Gasteiger partial charge in [-0.15, -0.1) is 0 Å². The Morgan fingerprint density at radius 3 is 2.67 bits per heavy atom. The molecule has 0 spiro atoms. The van der Waals surface area contributed by atoms with E-state index in [2.05, 4.69) is 0 Å². The van der Waals surface area contributed by atoms with Crippen molar-refractivity contribution < 1.29 is 27.5 Å². The van der Waals surface area contributed by atoms with E-state index in [4.69, 9.17) is 0 Å². The third kappa shape index (κ3) is 3.29. The van der Waals surface area contributed by atoms with Crippen LogP contribution in [0.2, 0.25) is 0 Å². The first-order chi connectivity index (χ1) is 9.82. The lowest BCUT2D eigenvalue weighted by atomic mass is 9.86. The van der Waals surface area contributed by atoms with Crippen molar-refractivity contribution in [3.05, 3.63) is 30.1 Å². The van der Waals surface area contributed by atoms with Crippen LogP contribution in [0.3, 0.4) is 0 Å². The monoisotopic (exact) mass is 314 g/mol. The summed E-state index contributed by atoms with van der Waals surface area (Å²) in [5.74, 6) is -3.15. The highest BCUT2D eigenvalue weighted by Gasteiger charge is 2.42. The highest BCUT2D eigenvalue weighted by atomic mass is 32.2. The van der Waals surface area contributed by atoms with Gasteiger partial charge in [0.15, 0.2) is 15.1 Å². The summed E-state index contributed by atoms with van der Waals surface area (Å²) in [4.78, 5) is 22.5. The molecule has 0 heterocycles. The van der Waals surface area contributed by atoms with Gasteiger partial charge in [0.1, 0.15) is 11.6 Å². The number of Topliss-reactive ketones (excluding diaryl/α,β-unsaturated/α-hetero) is 1. The maximum atomic E-state index is 13.2. The van der Waals surface area contributed by atoms with Crippen molar-refractivity contribution >= 4 is 21.6 Å². The molecule has 0 aliphatic heterocycles. The van der Waals surface area contributed by atoms with E-state index in [1.165, 1.54) is 12.1 Å². The molecule has 1 aliphatic carbocycles. The van der Waals surface area contributed by atoms with Crippen LogP contribution in [0.4, 0.5) is 4.39 Å². The summed E-state index contributed by atoms with van der Waals surface area (Å²) in [5, 5.41) is 7.57. The Morgan fingerprint density at radius 2 is 2.10 bits per heavy atom. The summed E-state index contributed by atoms with van der Waals surface area (Å²) in [6.07, 6.45) is 1.12. The van der Waals surface area contributed by atoms with Gasteiger partial charge < -0.3 is 5.11 Å². The quantitative estimate of drug-likeness (QED) is 0.915. The van der Waals surface area contributed by atoms with Crippen LogP contribution in [0, 0.1) is 11.7 Å². The number of sulfone groups is 1. The number of carboxylic acid groups (broad SMARTS) is 1. The van der Waals surface area contributed by atoms with E-state index in [9.17, 15) is 27.5 Å². The molecule has 0 radical (unpaired) electrons. The van der Waals surface area contributed by atoms with Gasteiger partial charge in [-0.2, -0.15) is 0 Å². The second kappa shape index (κ2) is 5.93. The SMILES string of the molecule is O=C1CCCC(C(C(=O)O)S(=O)(=O)c2cccc(F)c2)C1. The zero-order chi connectivity index (χ0) is 15.6. The van der Waals surface area contributed by atoms with E-state index < -0.39 is 32.8 Å². The lowest BCUT2D eigenvalue weighted by molar-refractivity contribution is -0.138. The van der Waals surface area contributed by atoms with Crippen molar-refractivity contribution in [3.8, 4) is 0 Å². The molecule has 1 saturated carbocycles. The maximum Gasteiger partial charge on any atom is 0.322 e. The highest BCUT2D eigenvalue weighted by Crippen LogP contribution is 2.31. The van der Waals surface area contributed by atoms with Gasteiger partial charge in [-0.1, -0.05) is 6.07 Å². The molecule has 1 aromatic rings. The molecule has 2 unspecified atom stereocenters. The van der Waals surface area contributed by atoms with Gasteiger partial charge in [-0.05, 0) is 37.0 Å². The fourth-order valence-corrected chi connectivity index (χ4v) is 4.54. The molecule has 7 heteroatoms. The number of hydrogen-bond acceptors (Lipinski definition) is 4. The summed E-state index contributed by atoms with van der Waals surface area (Å²) in [5.41, 5.74) is 0. The Morgan fingerprint density at radius 1 is 1.38 bits per heavy atom. The summed E-state index contributed by atoms with van der Waals surface area (Å²) >= 11 is 0. The molecule has 5 nitrogen and oxygen atoms in total. The van der Waals surface area contributed by atoms with Gasteiger partial charge >= 0.3 is 5.97 Å². The fraction of sp³-hybridized carbons (Fsp3) is 0.429. The molecule has 0 saturated heterocycles. The van der Waals surface area contributed by atoms with Crippen molar-refractivity contribution in [3.63, 3.8) is 0 Å². The molecule has 1 N–H and O–H groups in total. The predicted octanol–water partition coefficient (Wildman–Crippen LogP) is 1.81. The molecule has 1 aromatic carbocycles. The lowest BCUT2D eigenvalue weighted by Crippen LogP contribution is -2.39. The van der Waals surface area contributed by atoms with Gasteiger partial charge in [0.25, 0.3) is 0 Å². The Kier molecular flexibility index (Phi) is 4.41. The number of carbonyl (C=O) groups is 2. The minimum Gasteiger partial charge on any atom is -0.480 e. The number of hydrogen-bond donors (Lipinski definition) is 1. The minimum absolute atomic E-state index is 0.0640. The largest absolute Gasteiger partial charge is 0.480 e. The average molecular weight is 314 g/mol. The van der Waals surface area contributed by atoms with E-state index >= 15 is 0 Å². The van der Waals surface area contributed by atoms with Crippen LogP contribution in [0.25, 0.3) is 0 Å². The van der Waals surface area contributed by atoms with Crippen molar-refractivity contribution in [1.29, 1.82) is 0 Å². The van der Waals surface area contributed by atoms with Gasteiger partial charge in [0, 0.05) is 12.8 Å². The number of halogens is 1. The number of rotatable bonds is 4. The van der Waals surface area contributed by atoms with Crippen molar-refractivity contribution in [2.75, 3.05) is 0 Å². The summed E-state index contributed by atoms with van der Waals surface area (Å²) in [7, 11) is -4.24. The number of aliphatic carboxylic acids is 1. The second-order valence-corrected chi connectivity index (χ2v) is 7.23. The minimum atomic E-state index is -4.24. The number of benzene rings is 1. The van der Waals surface area contributed by atoms with Crippen LogP contribution in [0.5, 0.6) is 0 Å². The normalized spacial score (nSPS) is 21.0. The first-order valence-corrected chi connectivity index (χ1v) is 8.11. The Balaban J connectivity index is 2.41. The predicted molar refractivity (Wildman–Crippen MR) is 72.0 cm³/mol. The maximum absolute atomic E-state index is 13.2. The standard InChI is InChI=1S/C14H15FO5S/c15-10-4-2-6-12(8-10)21(19,20)13(14(17)18)9-3-1-5-11(16)7-9/h2,4,6,8-9,13H,1,3,5,7H2,(H,17,18). The molecular weight excluding hydrogens is 299 g/mol. The first kappa shape index (κ1) is 15.6. The molecule has 1 aliphatic rings. The zero-order valence-electron chi connectivity index (χ0n) is 11.2. The molecular formula is C14H15FO5S. The Bertz CT molecular complexity index is 668. The molecule has 2 atom stereocenters. The smallest absolute Gasteiger partial charge is 0.322 e. The third-order valence-electron chi connectivity index (χ3n) is 3.65. The second-order valence-electron chi connectivity index (χ2n) is 5.16. The summed E-state index contributed by atoms with van der Waals surface area (Å²) in [6, 6.07) is 4.26.